The molecule has 0 aromatic carbocycles. The molecule has 0 saturated heterocycles. The van der Waals surface area contributed by atoms with E-state index in [1.54, 1.807) is 6.92 Å². The van der Waals surface area contributed by atoms with E-state index in [-0.39, 0.29) is 17.6 Å². The predicted octanol–water partition coefficient (Wildman–Crippen LogP) is 3.28. The first-order chi connectivity index (χ1) is 7.33. The molecular formula is C8H8BrClF3N3. The van der Waals surface area contributed by atoms with Crippen LogP contribution in [0.4, 0.5) is 19.0 Å². The molecule has 0 aliphatic carbocycles. The summed E-state index contributed by atoms with van der Waals surface area (Å²) in [6.45, 7) is 0.703. The minimum Gasteiger partial charge on any atom is -0.347 e. The first-order valence-corrected chi connectivity index (χ1v) is 5.50. The number of alkyl halides is 3. The van der Waals surface area contributed by atoms with Crippen LogP contribution in [0, 0.1) is 0 Å². The fraction of sp³-hybridized carbons (Fsp3) is 0.500. The zero-order valence-corrected chi connectivity index (χ0v) is 10.6. The summed E-state index contributed by atoms with van der Waals surface area (Å²) < 4.78 is 37.2. The molecular weight excluding hydrogens is 310 g/mol. The second-order valence-corrected chi connectivity index (χ2v) is 4.13. The van der Waals surface area contributed by atoms with Gasteiger partial charge in [0.15, 0.2) is 0 Å². The molecule has 1 aromatic rings. The van der Waals surface area contributed by atoms with Gasteiger partial charge in [-0.05, 0) is 34.5 Å². The topological polar surface area (TPSA) is 29.0 Å². The molecule has 1 rings (SSSR count). The van der Waals surface area contributed by atoms with Gasteiger partial charge in [0.25, 0.3) is 0 Å². The molecule has 0 aliphatic heterocycles. The summed E-state index contributed by atoms with van der Waals surface area (Å²) >= 11 is 8.62. The summed E-state index contributed by atoms with van der Waals surface area (Å²) in [6, 6.07) is 0. The van der Waals surface area contributed by atoms with Crippen molar-refractivity contribution in [3.05, 3.63) is 16.0 Å². The molecule has 3 nitrogen and oxygen atoms in total. The molecule has 1 aromatic heterocycles. The average Bonchev–Trinajstić information content (AvgIpc) is 2.17. The van der Waals surface area contributed by atoms with Crippen LogP contribution in [-0.2, 0) is 0 Å². The quantitative estimate of drug-likeness (QED) is 0.801. The van der Waals surface area contributed by atoms with Crippen molar-refractivity contribution in [3.8, 4) is 0 Å². The molecule has 0 aliphatic rings. The minimum absolute atomic E-state index is 0.0844. The largest absolute Gasteiger partial charge is 0.405 e. The first kappa shape index (κ1) is 13.5. The third-order valence-corrected chi connectivity index (χ3v) is 2.49. The van der Waals surface area contributed by atoms with Crippen LogP contribution >= 0.6 is 27.5 Å². The number of aromatic nitrogens is 2. The predicted molar refractivity (Wildman–Crippen MR) is 58.7 cm³/mol. The first-order valence-electron chi connectivity index (χ1n) is 4.33. The standard InChI is InChI=1S/C8H8BrClF3N3/c1-2-16(4-8(11,12)13)6-5(9)3-14-7(10)15-6/h3H,2,4H2,1H3. The summed E-state index contributed by atoms with van der Waals surface area (Å²) in [5.41, 5.74) is 0. The zero-order valence-electron chi connectivity index (χ0n) is 8.22. The van der Waals surface area contributed by atoms with Gasteiger partial charge in [-0.3, -0.25) is 0 Å². The van der Waals surface area contributed by atoms with Crippen LogP contribution in [0.15, 0.2) is 10.7 Å². The fourth-order valence-electron chi connectivity index (χ4n) is 1.11. The molecule has 0 N–H and O–H groups in total. The van der Waals surface area contributed by atoms with Crippen LogP contribution in [-0.4, -0.2) is 29.2 Å². The highest BCUT2D eigenvalue weighted by Crippen LogP contribution is 2.27. The molecule has 0 unspecified atom stereocenters. The summed E-state index contributed by atoms with van der Waals surface area (Å²) in [5, 5.41) is -0.0844. The molecule has 0 radical (unpaired) electrons. The molecule has 0 atom stereocenters. The lowest BCUT2D eigenvalue weighted by atomic mass is 10.4. The number of hydrogen-bond acceptors (Lipinski definition) is 3. The van der Waals surface area contributed by atoms with Crippen molar-refractivity contribution >= 4 is 33.3 Å². The van der Waals surface area contributed by atoms with Gasteiger partial charge in [-0.1, -0.05) is 0 Å². The van der Waals surface area contributed by atoms with Crippen LogP contribution in [0.1, 0.15) is 6.92 Å². The van der Waals surface area contributed by atoms with E-state index in [1.165, 1.54) is 6.20 Å². The van der Waals surface area contributed by atoms with Gasteiger partial charge in [0.05, 0.1) is 4.47 Å². The van der Waals surface area contributed by atoms with Gasteiger partial charge in [-0.2, -0.15) is 18.2 Å². The van der Waals surface area contributed by atoms with Crippen LogP contribution in [0.3, 0.4) is 0 Å². The van der Waals surface area contributed by atoms with Crippen LogP contribution in [0.2, 0.25) is 5.28 Å². The molecule has 0 fully saturated rings. The van der Waals surface area contributed by atoms with E-state index in [1.807, 2.05) is 0 Å². The van der Waals surface area contributed by atoms with Crippen molar-refractivity contribution in [2.24, 2.45) is 0 Å². The molecule has 90 valence electrons. The van der Waals surface area contributed by atoms with Gasteiger partial charge in [-0.25, -0.2) is 4.98 Å². The fourth-order valence-corrected chi connectivity index (χ4v) is 1.68. The van der Waals surface area contributed by atoms with Gasteiger partial charge >= 0.3 is 6.18 Å². The van der Waals surface area contributed by atoms with E-state index >= 15 is 0 Å². The third-order valence-electron chi connectivity index (χ3n) is 1.75. The Morgan fingerprint density at radius 2 is 2.12 bits per heavy atom. The zero-order chi connectivity index (χ0) is 12.3. The van der Waals surface area contributed by atoms with Gasteiger partial charge in [0, 0.05) is 12.7 Å². The molecule has 0 bridgehead atoms. The maximum atomic E-state index is 12.3. The number of anilines is 1. The molecule has 0 spiro atoms. The maximum absolute atomic E-state index is 12.3. The van der Waals surface area contributed by atoms with Crippen LogP contribution in [0.5, 0.6) is 0 Å². The van der Waals surface area contributed by atoms with Gasteiger partial charge in [-0.15, -0.1) is 0 Å². The summed E-state index contributed by atoms with van der Waals surface area (Å²) in [5.74, 6) is 0.139. The monoisotopic (exact) mass is 317 g/mol. The Balaban J connectivity index is 2.99. The number of nitrogens with zero attached hydrogens (tertiary/aromatic N) is 3. The molecule has 0 amide bonds. The Bertz CT molecular complexity index is 372. The normalized spacial score (nSPS) is 11.6. The SMILES string of the molecule is CCN(CC(F)(F)F)c1nc(Cl)ncc1Br. The highest BCUT2D eigenvalue weighted by molar-refractivity contribution is 9.10. The van der Waals surface area contributed by atoms with E-state index in [4.69, 9.17) is 11.6 Å². The van der Waals surface area contributed by atoms with Crippen LogP contribution < -0.4 is 4.90 Å². The Morgan fingerprint density at radius 3 is 2.62 bits per heavy atom. The lowest BCUT2D eigenvalue weighted by Gasteiger charge is -2.23. The number of rotatable bonds is 3. The van der Waals surface area contributed by atoms with Gasteiger partial charge in [0.2, 0.25) is 5.28 Å². The average molecular weight is 319 g/mol. The van der Waals surface area contributed by atoms with Crippen molar-refractivity contribution in [1.29, 1.82) is 0 Å². The Morgan fingerprint density at radius 1 is 1.50 bits per heavy atom. The highest BCUT2D eigenvalue weighted by atomic mass is 79.9. The van der Waals surface area contributed by atoms with E-state index in [0.29, 0.717) is 4.47 Å². The van der Waals surface area contributed by atoms with Crippen molar-refractivity contribution in [3.63, 3.8) is 0 Å². The summed E-state index contributed by atoms with van der Waals surface area (Å²) in [4.78, 5) is 8.48. The van der Waals surface area contributed by atoms with Crippen molar-refractivity contribution < 1.29 is 13.2 Å². The summed E-state index contributed by atoms with van der Waals surface area (Å²) in [7, 11) is 0. The molecule has 8 heteroatoms. The summed E-state index contributed by atoms with van der Waals surface area (Å²) in [6.07, 6.45) is -2.96. The highest BCUT2D eigenvalue weighted by Gasteiger charge is 2.31. The van der Waals surface area contributed by atoms with E-state index < -0.39 is 12.7 Å². The number of halogens is 5. The van der Waals surface area contributed by atoms with Crippen molar-refractivity contribution in [2.45, 2.75) is 13.1 Å². The smallest absolute Gasteiger partial charge is 0.347 e. The van der Waals surface area contributed by atoms with Gasteiger partial charge < -0.3 is 4.90 Å². The Kier molecular flexibility index (Phi) is 4.37. The van der Waals surface area contributed by atoms with Crippen LogP contribution in [0.25, 0.3) is 0 Å². The lowest BCUT2D eigenvalue weighted by molar-refractivity contribution is -0.119. The van der Waals surface area contributed by atoms with Crippen molar-refractivity contribution in [2.75, 3.05) is 18.0 Å². The van der Waals surface area contributed by atoms with E-state index in [0.717, 1.165) is 4.90 Å². The minimum atomic E-state index is -4.28. The lowest BCUT2D eigenvalue weighted by Crippen LogP contribution is -2.35. The number of hydrogen-bond donors (Lipinski definition) is 0. The van der Waals surface area contributed by atoms with Gasteiger partial charge in [0.1, 0.15) is 12.4 Å². The Hall–Kier alpha value is -0.560. The van der Waals surface area contributed by atoms with Crippen molar-refractivity contribution in [1.82, 2.24) is 9.97 Å². The van der Waals surface area contributed by atoms with E-state index in [9.17, 15) is 13.2 Å². The second-order valence-electron chi connectivity index (χ2n) is 2.94. The molecule has 1 heterocycles. The third kappa shape index (κ3) is 3.79. The maximum Gasteiger partial charge on any atom is 0.405 e. The molecule has 16 heavy (non-hydrogen) atoms. The second kappa shape index (κ2) is 5.18. The molecule has 0 saturated carbocycles. The Labute approximate surface area is 104 Å². The van der Waals surface area contributed by atoms with E-state index in [2.05, 4.69) is 25.9 Å².